The smallest absolute Gasteiger partial charge is 0.256 e. The Hall–Kier alpha value is -3.26. The molecule has 1 saturated heterocycles. The Morgan fingerprint density at radius 1 is 1.08 bits per heavy atom. The van der Waals surface area contributed by atoms with E-state index in [1.807, 2.05) is 48.7 Å². The number of halogens is 2. The van der Waals surface area contributed by atoms with Gasteiger partial charge in [0.15, 0.2) is 0 Å². The van der Waals surface area contributed by atoms with E-state index in [9.17, 15) is 9.18 Å². The lowest BCUT2D eigenvalue weighted by atomic mass is 10.1. The van der Waals surface area contributed by atoms with Gasteiger partial charge < -0.3 is 14.0 Å². The van der Waals surface area contributed by atoms with Crippen LogP contribution in [0, 0.1) is 11.7 Å². The van der Waals surface area contributed by atoms with E-state index in [1.165, 1.54) is 12.1 Å². The average molecular weight is 521 g/mol. The zero-order valence-electron chi connectivity index (χ0n) is 21.0. The summed E-state index contributed by atoms with van der Waals surface area (Å²) in [7, 11) is 1.72. The second kappa shape index (κ2) is 11.0. The summed E-state index contributed by atoms with van der Waals surface area (Å²) in [5.41, 5.74) is 3.90. The molecular formula is C29H30ClFN4O2. The molecule has 0 spiro atoms. The fourth-order valence-electron chi connectivity index (χ4n) is 4.93. The number of imidazole rings is 1. The molecule has 0 saturated carbocycles. The van der Waals surface area contributed by atoms with Crippen molar-refractivity contribution in [2.45, 2.75) is 19.5 Å². The molecule has 1 fully saturated rings. The lowest BCUT2D eigenvalue weighted by Crippen LogP contribution is -2.50. The molecule has 2 atom stereocenters. The highest BCUT2D eigenvalue weighted by molar-refractivity contribution is 6.30. The predicted molar refractivity (Wildman–Crippen MR) is 143 cm³/mol. The number of fused-ring (bicyclic) bond motifs is 1. The predicted octanol–water partition coefficient (Wildman–Crippen LogP) is 5.40. The van der Waals surface area contributed by atoms with Crippen LogP contribution in [0.5, 0.6) is 0 Å². The number of benzene rings is 2. The Labute approximate surface area is 221 Å². The number of amides is 1. The molecule has 0 bridgehead atoms. The van der Waals surface area contributed by atoms with Crippen LogP contribution in [0.15, 0.2) is 72.9 Å². The van der Waals surface area contributed by atoms with Gasteiger partial charge in [-0.25, -0.2) is 9.37 Å². The van der Waals surface area contributed by atoms with Gasteiger partial charge in [0.25, 0.3) is 5.91 Å². The molecule has 37 heavy (non-hydrogen) atoms. The van der Waals surface area contributed by atoms with Crippen molar-refractivity contribution in [2.75, 3.05) is 33.4 Å². The molecule has 192 valence electrons. The Morgan fingerprint density at radius 3 is 2.62 bits per heavy atom. The van der Waals surface area contributed by atoms with Gasteiger partial charge in [0.2, 0.25) is 0 Å². The second-order valence-electron chi connectivity index (χ2n) is 9.73. The lowest BCUT2D eigenvalue weighted by Gasteiger charge is -2.37. The van der Waals surface area contributed by atoms with Crippen LogP contribution in [0.1, 0.15) is 23.0 Å². The van der Waals surface area contributed by atoms with E-state index in [0.29, 0.717) is 37.2 Å². The van der Waals surface area contributed by atoms with Crippen LogP contribution in [-0.2, 0) is 11.3 Å². The van der Waals surface area contributed by atoms with E-state index >= 15 is 0 Å². The first-order chi connectivity index (χ1) is 17.9. The van der Waals surface area contributed by atoms with E-state index in [4.69, 9.17) is 21.3 Å². The average Bonchev–Trinajstić information content (AvgIpc) is 3.25. The van der Waals surface area contributed by atoms with Gasteiger partial charge in [0.1, 0.15) is 11.5 Å². The Kier molecular flexibility index (Phi) is 7.55. The number of hydrogen-bond donors (Lipinski definition) is 0. The minimum Gasteiger partial charge on any atom is -0.379 e. The topological polar surface area (TPSA) is 50.1 Å². The van der Waals surface area contributed by atoms with E-state index < -0.39 is 5.82 Å². The summed E-state index contributed by atoms with van der Waals surface area (Å²) in [4.78, 5) is 22.1. The second-order valence-corrected chi connectivity index (χ2v) is 10.2. The lowest BCUT2D eigenvalue weighted by molar-refractivity contribution is 0.00470. The molecule has 4 aromatic rings. The molecule has 2 unspecified atom stereocenters. The molecule has 8 heteroatoms. The van der Waals surface area contributed by atoms with Crippen LogP contribution in [0.4, 0.5) is 4.39 Å². The highest BCUT2D eigenvalue weighted by Crippen LogP contribution is 2.28. The molecular weight excluding hydrogens is 491 g/mol. The van der Waals surface area contributed by atoms with Crippen molar-refractivity contribution in [3.05, 3.63) is 95.0 Å². The maximum Gasteiger partial charge on any atom is 0.256 e. The van der Waals surface area contributed by atoms with Gasteiger partial charge in [0, 0.05) is 43.5 Å². The summed E-state index contributed by atoms with van der Waals surface area (Å²) in [6.07, 6.45) is 2.03. The molecule has 2 aromatic carbocycles. The quantitative estimate of drug-likeness (QED) is 0.353. The first-order valence-electron chi connectivity index (χ1n) is 12.4. The fraction of sp³-hybridized carbons (Fsp3) is 0.310. The number of rotatable bonds is 5. The Balaban J connectivity index is 1.46. The van der Waals surface area contributed by atoms with Crippen LogP contribution in [0.2, 0.25) is 5.02 Å². The number of ether oxygens (including phenoxy) is 1. The van der Waals surface area contributed by atoms with Gasteiger partial charge in [-0.2, -0.15) is 0 Å². The van der Waals surface area contributed by atoms with Crippen LogP contribution in [0.3, 0.4) is 0 Å². The first kappa shape index (κ1) is 25.4. The number of pyridine rings is 1. The molecule has 3 heterocycles. The number of nitrogens with zero attached hydrogens (tertiary/aromatic N) is 4. The molecule has 0 N–H and O–H groups in total. The first-order valence-corrected chi connectivity index (χ1v) is 12.8. The molecule has 0 aliphatic carbocycles. The number of likely N-dealkylation sites (N-methyl/N-ethyl adjacent to an activating group) is 1. The van der Waals surface area contributed by atoms with Crippen molar-refractivity contribution in [3.63, 3.8) is 0 Å². The van der Waals surface area contributed by atoms with E-state index in [0.717, 1.165) is 29.1 Å². The molecule has 1 amide bonds. The standard InChI is InChI=1S/C29H30ClFN4O2/c1-20-15-34(16-23(19-37-18-20)33(2)29(36)24-7-3-4-8-25(24)31)17-26-28(21-10-12-22(30)13-11-21)32-27-9-5-6-14-35(26)27/h3-14,20,23H,15-19H2,1-2H3. The highest BCUT2D eigenvalue weighted by atomic mass is 35.5. The van der Waals surface area contributed by atoms with Gasteiger partial charge in [-0.3, -0.25) is 9.69 Å². The maximum atomic E-state index is 14.4. The summed E-state index contributed by atoms with van der Waals surface area (Å²) in [5.74, 6) is -0.557. The van der Waals surface area contributed by atoms with E-state index in [-0.39, 0.29) is 17.5 Å². The van der Waals surface area contributed by atoms with Crippen LogP contribution >= 0.6 is 11.6 Å². The van der Waals surface area contributed by atoms with Gasteiger partial charge in [-0.15, -0.1) is 0 Å². The van der Waals surface area contributed by atoms with E-state index in [1.54, 1.807) is 24.1 Å². The number of aromatic nitrogens is 2. The van der Waals surface area contributed by atoms with Gasteiger partial charge in [-0.05, 0) is 42.3 Å². The zero-order chi connectivity index (χ0) is 25.9. The Bertz CT molecular complexity index is 1390. The zero-order valence-corrected chi connectivity index (χ0v) is 21.7. The highest BCUT2D eigenvalue weighted by Gasteiger charge is 2.29. The monoisotopic (exact) mass is 520 g/mol. The summed E-state index contributed by atoms with van der Waals surface area (Å²) in [6, 6.07) is 19.6. The largest absolute Gasteiger partial charge is 0.379 e. The minimum atomic E-state index is -0.519. The number of carbonyl (C=O) groups is 1. The van der Waals surface area contributed by atoms with Crippen LogP contribution < -0.4 is 0 Å². The maximum absolute atomic E-state index is 14.4. The van der Waals surface area contributed by atoms with Gasteiger partial charge >= 0.3 is 0 Å². The van der Waals surface area contributed by atoms with Crippen molar-refractivity contribution in [2.24, 2.45) is 5.92 Å². The van der Waals surface area contributed by atoms with Crippen LogP contribution in [0.25, 0.3) is 16.9 Å². The fourth-order valence-corrected chi connectivity index (χ4v) is 5.05. The normalized spacial score (nSPS) is 18.9. The molecule has 2 aromatic heterocycles. The summed E-state index contributed by atoms with van der Waals surface area (Å²) >= 11 is 6.15. The van der Waals surface area contributed by atoms with Crippen LogP contribution in [-0.4, -0.2) is 64.5 Å². The molecule has 1 aliphatic heterocycles. The molecule has 5 rings (SSSR count). The summed E-state index contributed by atoms with van der Waals surface area (Å²) in [5, 5.41) is 0.678. The van der Waals surface area contributed by atoms with Gasteiger partial charge in [-0.1, -0.05) is 48.9 Å². The summed E-state index contributed by atoms with van der Waals surface area (Å²) < 4.78 is 22.4. The van der Waals surface area contributed by atoms with Crippen molar-refractivity contribution in [3.8, 4) is 11.3 Å². The number of carbonyl (C=O) groups excluding carboxylic acids is 1. The van der Waals surface area contributed by atoms with Crippen molar-refractivity contribution < 1.29 is 13.9 Å². The third-order valence-corrected chi connectivity index (χ3v) is 7.10. The molecule has 0 radical (unpaired) electrons. The number of hydrogen-bond acceptors (Lipinski definition) is 4. The third kappa shape index (κ3) is 5.54. The summed E-state index contributed by atoms with van der Waals surface area (Å²) in [6.45, 7) is 5.14. The van der Waals surface area contributed by atoms with E-state index in [2.05, 4.69) is 16.2 Å². The van der Waals surface area contributed by atoms with Crippen molar-refractivity contribution >= 4 is 23.2 Å². The molecule has 6 nitrogen and oxygen atoms in total. The van der Waals surface area contributed by atoms with Gasteiger partial charge in [0.05, 0.1) is 36.2 Å². The Morgan fingerprint density at radius 2 is 1.84 bits per heavy atom. The molecule has 1 aliphatic rings. The minimum absolute atomic E-state index is 0.0683. The van der Waals surface area contributed by atoms with Crippen molar-refractivity contribution in [1.82, 2.24) is 19.2 Å². The third-order valence-electron chi connectivity index (χ3n) is 6.84. The van der Waals surface area contributed by atoms with Crippen molar-refractivity contribution in [1.29, 1.82) is 0 Å². The SMILES string of the molecule is CC1COCC(N(C)C(=O)c2ccccc2F)CN(Cc2c(-c3ccc(Cl)cc3)nc3ccccn23)C1.